The fourth-order valence-electron chi connectivity index (χ4n) is 2.54. The van der Waals surface area contributed by atoms with Crippen molar-refractivity contribution in [2.75, 3.05) is 17.2 Å². The number of carbonyl (C=O) groups excluding carboxylic acids is 1. The lowest BCUT2D eigenvalue weighted by atomic mass is 10.1. The van der Waals surface area contributed by atoms with Crippen LogP contribution < -0.4 is 17.2 Å². The number of hydrogen-bond donors (Lipinski definition) is 4. The molecule has 0 aliphatic heterocycles. The Labute approximate surface area is 226 Å². The van der Waals surface area contributed by atoms with Crippen molar-refractivity contribution in [2.45, 2.75) is 6.42 Å². The van der Waals surface area contributed by atoms with E-state index in [0.717, 1.165) is 0 Å². The second kappa shape index (κ2) is 13.9. The average molecular weight is 639 g/mol. The second-order valence-corrected chi connectivity index (χ2v) is 8.57. The molecule has 0 saturated heterocycles. The topological polar surface area (TPSA) is 184 Å². The predicted octanol–water partition coefficient (Wildman–Crippen LogP) is 4.31. The summed E-state index contributed by atoms with van der Waals surface area (Å²) in [6.07, 6.45) is 2.78. The SMILES string of the molecule is Nc1cccc(F)c1.Nc1ncc(Br)nc1C(=O)Cc1cccc(F)c1.Nc1ncc(Br)nc1C(=O)O. The highest BCUT2D eigenvalue weighted by molar-refractivity contribution is 9.10. The maximum atomic E-state index is 13.0. The van der Waals surface area contributed by atoms with E-state index < -0.39 is 5.97 Å². The zero-order chi connectivity index (χ0) is 27.5. The van der Waals surface area contributed by atoms with Gasteiger partial charge in [-0.25, -0.2) is 33.5 Å². The fraction of sp³-hybridized carbons (Fsp3) is 0.0435. The Morgan fingerprint density at radius 3 is 1.78 bits per heavy atom. The van der Waals surface area contributed by atoms with Crippen molar-refractivity contribution in [3.8, 4) is 0 Å². The largest absolute Gasteiger partial charge is 0.476 e. The van der Waals surface area contributed by atoms with Gasteiger partial charge in [-0.1, -0.05) is 18.2 Å². The third-order valence-corrected chi connectivity index (χ3v) is 4.88. The van der Waals surface area contributed by atoms with Gasteiger partial charge in [0.25, 0.3) is 0 Å². The summed E-state index contributed by atoms with van der Waals surface area (Å²) in [6, 6.07) is 11.7. The van der Waals surface area contributed by atoms with Crippen molar-refractivity contribution < 1.29 is 23.5 Å². The van der Waals surface area contributed by atoms with Crippen LogP contribution in [0.3, 0.4) is 0 Å². The minimum atomic E-state index is -1.18. The zero-order valence-corrected chi connectivity index (χ0v) is 21.9. The number of carbonyl (C=O) groups is 2. The van der Waals surface area contributed by atoms with E-state index in [1.165, 1.54) is 36.7 Å². The summed E-state index contributed by atoms with van der Waals surface area (Å²) in [5, 5.41) is 8.49. The first-order valence-electron chi connectivity index (χ1n) is 10.0. The van der Waals surface area contributed by atoms with Crippen molar-refractivity contribution in [3.05, 3.63) is 98.7 Å². The summed E-state index contributed by atoms with van der Waals surface area (Å²) < 4.78 is 25.9. The molecule has 0 aliphatic carbocycles. The molecule has 7 N–H and O–H groups in total. The summed E-state index contributed by atoms with van der Waals surface area (Å²) in [5.41, 5.74) is 16.9. The smallest absolute Gasteiger partial charge is 0.358 e. The van der Waals surface area contributed by atoms with Crippen LogP contribution in [0.15, 0.2) is 70.1 Å². The molecule has 4 rings (SSSR count). The van der Waals surface area contributed by atoms with Gasteiger partial charge >= 0.3 is 5.97 Å². The van der Waals surface area contributed by atoms with Crippen molar-refractivity contribution in [2.24, 2.45) is 0 Å². The van der Waals surface area contributed by atoms with E-state index in [2.05, 4.69) is 51.8 Å². The zero-order valence-electron chi connectivity index (χ0n) is 18.8. The number of aromatic carboxylic acids is 1. The van der Waals surface area contributed by atoms with E-state index in [0.29, 0.717) is 20.5 Å². The molecule has 2 aromatic carbocycles. The molecule has 0 unspecified atom stereocenters. The molecule has 0 saturated carbocycles. The van der Waals surface area contributed by atoms with Gasteiger partial charge in [-0.2, -0.15) is 0 Å². The highest BCUT2D eigenvalue weighted by Gasteiger charge is 2.14. The van der Waals surface area contributed by atoms with Crippen LogP contribution in [0.2, 0.25) is 0 Å². The lowest BCUT2D eigenvalue weighted by Gasteiger charge is -2.04. The lowest BCUT2D eigenvalue weighted by molar-refractivity contribution is 0.0691. The highest BCUT2D eigenvalue weighted by atomic mass is 79.9. The molecular formula is C23H19Br2F2N7O3. The molecule has 0 bridgehead atoms. The Morgan fingerprint density at radius 2 is 1.32 bits per heavy atom. The van der Waals surface area contributed by atoms with Crippen LogP contribution >= 0.6 is 31.9 Å². The molecule has 37 heavy (non-hydrogen) atoms. The predicted molar refractivity (Wildman–Crippen MR) is 140 cm³/mol. The molecule has 14 heteroatoms. The number of Topliss-reactive ketones (excluding diaryl/α,β-unsaturated/α-hetero) is 1. The number of carboxylic acids is 1. The minimum absolute atomic E-state index is 0.0348. The molecule has 2 heterocycles. The molecule has 0 fully saturated rings. The van der Waals surface area contributed by atoms with E-state index in [9.17, 15) is 18.4 Å². The van der Waals surface area contributed by atoms with Crippen molar-refractivity contribution >= 4 is 60.9 Å². The molecule has 0 atom stereocenters. The minimum Gasteiger partial charge on any atom is -0.476 e. The van der Waals surface area contributed by atoms with Gasteiger partial charge in [0.1, 0.15) is 26.5 Å². The van der Waals surface area contributed by atoms with Gasteiger partial charge in [-0.05, 0) is 67.8 Å². The van der Waals surface area contributed by atoms with Gasteiger partial charge < -0.3 is 22.3 Å². The molecule has 0 radical (unpaired) electrons. The number of nitrogens with two attached hydrogens (primary N) is 3. The number of aromatic nitrogens is 4. The number of nitrogen functional groups attached to an aromatic ring is 3. The van der Waals surface area contributed by atoms with E-state index >= 15 is 0 Å². The van der Waals surface area contributed by atoms with Crippen LogP contribution in [0.4, 0.5) is 26.1 Å². The van der Waals surface area contributed by atoms with Gasteiger partial charge in [-0.15, -0.1) is 0 Å². The first-order chi connectivity index (χ1) is 17.5. The fourth-order valence-corrected chi connectivity index (χ4v) is 3.10. The first kappa shape index (κ1) is 29.2. The number of halogens is 4. The van der Waals surface area contributed by atoms with Gasteiger partial charge in [-0.3, -0.25) is 4.79 Å². The third-order valence-electron chi connectivity index (χ3n) is 4.11. The number of rotatable bonds is 4. The molecule has 4 aromatic rings. The van der Waals surface area contributed by atoms with Crippen LogP contribution in [-0.4, -0.2) is 36.8 Å². The Morgan fingerprint density at radius 1 is 0.811 bits per heavy atom. The number of nitrogens with zero attached hydrogens (tertiary/aromatic N) is 4. The summed E-state index contributed by atoms with van der Waals surface area (Å²) >= 11 is 6.09. The lowest BCUT2D eigenvalue weighted by Crippen LogP contribution is -2.11. The first-order valence-corrected chi connectivity index (χ1v) is 11.6. The van der Waals surface area contributed by atoms with Crippen molar-refractivity contribution in [1.82, 2.24) is 19.9 Å². The van der Waals surface area contributed by atoms with E-state index in [1.807, 2.05) is 0 Å². The Bertz CT molecular complexity index is 1390. The summed E-state index contributed by atoms with van der Waals surface area (Å²) in [6.45, 7) is 0. The van der Waals surface area contributed by atoms with Gasteiger partial charge in [0.15, 0.2) is 23.1 Å². The Kier molecular flexibility index (Phi) is 11.0. The number of benzene rings is 2. The van der Waals surface area contributed by atoms with Crippen LogP contribution in [0.25, 0.3) is 0 Å². The second-order valence-electron chi connectivity index (χ2n) is 6.94. The molecule has 0 aliphatic rings. The maximum Gasteiger partial charge on any atom is 0.358 e. The average Bonchev–Trinajstić information content (AvgIpc) is 2.82. The summed E-state index contributed by atoms with van der Waals surface area (Å²) in [4.78, 5) is 37.3. The normalized spacial score (nSPS) is 9.84. The van der Waals surface area contributed by atoms with Crippen LogP contribution in [-0.2, 0) is 6.42 Å². The number of carboxylic acid groups (broad SMARTS) is 1. The van der Waals surface area contributed by atoms with E-state index in [4.69, 9.17) is 22.3 Å². The maximum absolute atomic E-state index is 13.0. The van der Waals surface area contributed by atoms with E-state index in [1.54, 1.807) is 24.3 Å². The molecule has 10 nitrogen and oxygen atoms in total. The number of hydrogen-bond acceptors (Lipinski definition) is 9. The Hall–Kier alpha value is -4.04. The monoisotopic (exact) mass is 637 g/mol. The summed E-state index contributed by atoms with van der Waals surface area (Å²) in [7, 11) is 0. The molecule has 2 aromatic heterocycles. The molecule has 0 amide bonds. The van der Waals surface area contributed by atoms with Gasteiger partial charge in [0.2, 0.25) is 0 Å². The molecule has 0 spiro atoms. The molecule has 192 valence electrons. The van der Waals surface area contributed by atoms with E-state index in [-0.39, 0.29) is 46.9 Å². The Balaban J connectivity index is 0.000000215. The van der Waals surface area contributed by atoms with Crippen LogP contribution in [0.5, 0.6) is 0 Å². The quantitative estimate of drug-likeness (QED) is 0.185. The van der Waals surface area contributed by atoms with Gasteiger partial charge in [0, 0.05) is 12.1 Å². The van der Waals surface area contributed by atoms with Crippen LogP contribution in [0, 0.1) is 11.6 Å². The highest BCUT2D eigenvalue weighted by Crippen LogP contribution is 2.14. The number of anilines is 3. The van der Waals surface area contributed by atoms with Gasteiger partial charge in [0.05, 0.1) is 12.4 Å². The number of ketones is 1. The standard InChI is InChI=1S/C12H9BrFN3O.C6H6FN.C5H4BrN3O2/c13-10-6-16-12(15)11(17-10)9(18)5-7-2-1-3-8(14)4-7;7-5-2-1-3-6(8)4-5;6-2-1-8-4(7)3(9-2)5(10)11/h1-4,6H,5H2,(H2,15,16);1-4H,8H2;1H,(H2,7,8)(H,10,11). The van der Waals surface area contributed by atoms with Crippen molar-refractivity contribution in [3.63, 3.8) is 0 Å². The van der Waals surface area contributed by atoms with Crippen LogP contribution in [0.1, 0.15) is 26.5 Å². The van der Waals surface area contributed by atoms with Crippen molar-refractivity contribution in [1.29, 1.82) is 0 Å². The summed E-state index contributed by atoms with van der Waals surface area (Å²) in [5.74, 6) is -2.16. The third kappa shape index (κ3) is 9.85. The molecular weight excluding hydrogens is 620 g/mol.